The number of anilines is 1. The number of benzene rings is 2. The van der Waals surface area contributed by atoms with E-state index in [0.717, 1.165) is 0 Å². The summed E-state index contributed by atoms with van der Waals surface area (Å²) in [7, 11) is 0. The van der Waals surface area contributed by atoms with Crippen LogP contribution in [0.3, 0.4) is 0 Å². The first-order chi connectivity index (χ1) is 15.2. The molecule has 170 valence electrons. The Kier molecular flexibility index (Phi) is 7.41. The van der Waals surface area contributed by atoms with Crippen LogP contribution in [0.15, 0.2) is 48.5 Å². The Balaban J connectivity index is 1.53. The Bertz CT molecular complexity index is 1010. The highest BCUT2D eigenvalue weighted by Gasteiger charge is 2.32. The zero-order valence-corrected chi connectivity index (χ0v) is 17.6. The molecule has 1 aliphatic heterocycles. The van der Waals surface area contributed by atoms with Crippen LogP contribution in [-0.4, -0.2) is 57.1 Å². The second-order valence-corrected chi connectivity index (χ2v) is 7.73. The van der Waals surface area contributed by atoms with E-state index >= 15 is 0 Å². The van der Waals surface area contributed by atoms with E-state index in [1.807, 2.05) is 0 Å². The minimum Gasteiger partial charge on any atom is -0.490 e. The Labute approximate surface area is 186 Å². The van der Waals surface area contributed by atoms with Gasteiger partial charge in [-0.2, -0.15) is 4.72 Å². The number of hydrogen-bond donors (Lipinski definition) is 5. The first kappa shape index (κ1) is 23.2. The van der Waals surface area contributed by atoms with E-state index in [2.05, 4.69) is 4.72 Å². The van der Waals surface area contributed by atoms with Gasteiger partial charge >= 0.3 is 12.1 Å². The summed E-state index contributed by atoms with van der Waals surface area (Å²) in [6.45, 7) is 0.413. The van der Waals surface area contributed by atoms with Crippen molar-refractivity contribution in [3.63, 3.8) is 0 Å². The van der Waals surface area contributed by atoms with Crippen LogP contribution in [0.4, 0.5) is 10.5 Å². The molecule has 0 aliphatic carbocycles. The molecule has 6 N–H and O–H groups in total. The van der Waals surface area contributed by atoms with Crippen LogP contribution in [0.5, 0.6) is 5.75 Å². The number of carboxylic acids is 1. The van der Waals surface area contributed by atoms with Crippen LogP contribution in [0.25, 0.3) is 0 Å². The molecule has 0 bridgehead atoms. The van der Waals surface area contributed by atoms with Gasteiger partial charge in [-0.05, 0) is 48.4 Å². The first-order valence-electron chi connectivity index (χ1n) is 9.47. The molecule has 1 saturated heterocycles. The van der Waals surface area contributed by atoms with Crippen molar-refractivity contribution in [2.45, 2.75) is 18.6 Å². The minimum atomic E-state index is -2.44. The van der Waals surface area contributed by atoms with E-state index in [4.69, 9.17) is 30.3 Å². The molecule has 0 radical (unpaired) electrons. The molecule has 12 heteroatoms. The quantitative estimate of drug-likeness (QED) is 0.198. The van der Waals surface area contributed by atoms with Gasteiger partial charge in [-0.15, -0.1) is 0 Å². The lowest BCUT2D eigenvalue weighted by Gasteiger charge is -2.14. The number of rotatable bonds is 10. The second-order valence-electron chi connectivity index (χ2n) is 6.99. The standard InChI is InChI=1S/C20H22N4O7S/c21-18(22)13-3-5-14(6-4-13)24-10-16(31-20(24)27)11-30-15-7-1-12(2-8-15)9-17(19(25)26)23-32(28)29/h1-8,16-17,23H,9-11H2,(H3,21,22)(H,25,26)(H,28,29). The number of carbonyl (C=O) groups is 2. The number of ether oxygens (including phenoxy) is 2. The molecule has 2 aromatic carbocycles. The maximum absolute atomic E-state index is 12.2. The number of amides is 1. The highest BCUT2D eigenvalue weighted by molar-refractivity contribution is 7.77. The fourth-order valence-electron chi connectivity index (χ4n) is 3.09. The maximum atomic E-state index is 12.2. The summed E-state index contributed by atoms with van der Waals surface area (Å²) in [5, 5.41) is 16.5. The number of amidine groups is 1. The molecule has 0 spiro atoms. The third-order valence-corrected chi connectivity index (χ3v) is 5.19. The van der Waals surface area contributed by atoms with E-state index in [1.165, 1.54) is 4.90 Å². The number of aliphatic carboxylic acids is 1. The molecule has 32 heavy (non-hydrogen) atoms. The van der Waals surface area contributed by atoms with Gasteiger partial charge in [0, 0.05) is 11.3 Å². The first-order valence-corrected chi connectivity index (χ1v) is 10.6. The van der Waals surface area contributed by atoms with E-state index < -0.39 is 35.5 Å². The summed E-state index contributed by atoms with van der Waals surface area (Å²) < 4.78 is 32.7. The zero-order chi connectivity index (χ0) is 23.3. The average Bonchev–Trinajstić information content (AvgIpc) is 3.13. The third-order valence-electron chi connectivity index (χ3n) is 4.70. The highest BCUT2D eigenvalue weighted by atomic mass is 32.2. The number of cyclic esters (lactones) is 1. The van der Waals surface area contributed by atoms with Crippen molar-refractivity contribution in [3.05, 3.63) is 59.7 Å². The predicted molar refractivity (Wildman–Crippen MR) is 116 cm³/mol. The minimum absolute atomic E-state index is 0.0134. The van der Waals surface area contributed by atoms with Gasteiger partial charge in [-0.25, -0.2) is 9.00 Å². The Morgan fingerprint density at radius 1 is 1.28 bits per heavy atom. The SMILES string of the molecule is N=C(N)c1ccc(N2CC(COc3ccc(CC(NS(=O)O)C(=O)O)cc3)OC2=O)cc1. The van der Waals surface area contributed by atoms with E-state index in [9.17, 15) is 13.8 Å². The summed E-state index contributed by atoms with van der Waals surface area (Å²) in [6.07, 6.45) is -0.979. The van der Waals surface area contributed by atoms with E-state index in [0.29, 0.717) is 29.1 Å². The summed E-state index contributed by atoms with van der Waals surface area (Å²) in [5.74, 6) is -0.799. The Morgan fingerprint density at radius 3 is 2.50 bits per heavy atom. The number of nitrogen functional groups attached to an aromatic ring is 1. The zero-order valence-electron chi connectivity index (χ0n) is 16.8. The van der Waals surface area contributed by atoms with Crippen molar-refractivity contribution in [2.24, 2.45) is 5.73 Å². The molecule has 11 nitrogen and oxygen atoms in total. The number of nitrogens with one attached hydrogen (secondary N) is 2. The van der Waals surface area contributed by atoms with Crippen LogP contribution in [-0.2, 0) is 27.2 Å². The number of nitrogens with zero attached hydrogens (tertiary/aromatic N) is 1. The van der Waals surface area contributed by atoms with Crippen molar-refractivity contribution in [1.82, 2.24) is 4.72 Å². The van der Waals surface area contributed by atoms with Gasteiger partial charge in [0.15, 0.2) is 6.10 Å². The summed E-state index contributed by atoms with van der Waals surface area (Å²) >= 11 is -2.44. The van der Waals surface area contributed by atoms with Crippen molar-refractivity contribution in [3.8, 4) is 5.75 Å². The molecule has 3 unspecified atom stereocenters. The molecular weight excluding hydrogens is 440 g/mol. The molecular formula is C20H22N4O7S. The number of carboxylic acid groups (broad SMARTS) is 1. The van der Waals surface area contributed by atoms with Crippen molar-refractivity contribution >= 4 is 34.9 Å². The summed E-state index contributed by atoms with van der Waals surface area (Å²) in [4.78, 5) is 24.8. The van der Waals surface area contributed by atoms with Crippen LogP contribution >= 0.6 is 0 Å². The topological polar surface area (TPSA) is 175 Å². The Morgan fingerprint density at radius 2 is 1.94 bits per heavy atom. The van der Waals surface area contributed by atoms with Crippen molar-refractivity contribution < 1.29 is 32.9 Å². The van der Waals surface area contributed by atoms with Gasteiger partial charge in [0.05, 0.1) is 6.54 Å². The van der Waals surface area contributed by atoms with Gasteiger partial charge < -0.3 is 20.3 Å². The fourth-order valence-corrected chi connectivity index (χ4v) is 3.52. The fraction of sp³-hybridized carbons (Fsp3) is 0.250. The predicted octanol–water partition coefficient (Wildman–Crippen LogP) is 1.10. The molecule has 0 saturated carbocycles. The Hall–Kier alpha value is -3.48. The van der Waals surface area contributed by atoms with Crippen LogP contribution < -0.4 is 20.1 Å². The van der Waals surface area contributed by atoms with Gasteiger partial charge in [0.1, 0.15) is 24.2 Å². The monoisotopic (exact) mass is 462 g/mol. The third kappa shape index (κ3) is 6.03. The number of hydrogen-bond acceptors (Lipinski definition) is 6. The largest absolute Gasteiger partial charge is 0.490 e. The lowest BCUT2D eigenvalue weighted by atomic mass is 10.1. The smallest absolute Gasteiger partial charge is 0.414 e. The van der Waals surface area contributed by atoms with Crippen LogP contribution in [0, 0.1) is 5.41 Å². The van der Waals surface area contributed by atoms with Crippen LogP contribution in [0.1, 0.15) is 11.1 Å². The van der Waals surface area contributed by atoms with Gasteiger partial charge in [-0.1, -0.05) is 12.1 Å². The van der Waals surface area contributed by atoms with E-state index in [1.54, 1.807) is 48.5 Å². The molecule has 3 rings (SSSR count). The van der Waals surface area contributed by atoms with Gasteiger partial charge in [0.25, 0.3) is 0 Å². The molecule has 1 amide bonds. The van der Waals surface area contributed by atoms with Crippen molar-refractivity contribution in [1.29, 1.82) is 5.41 Å². The number of nitrogens with two attached hydrogens (primary N) is 1. The summed E-state index contributed by atoms with van der Waals surface area (Å²) in [5.41, 5.74) is 7.25. The van der Waals surface area contributed by atoms with Gasteiger partial charge in [-0.3, -0.25) is 19.7 Å². The lowest BCUT2D eigenvalue weighted by molar-refractivity contribution is -0.138. The second kappa shape index (κ2) is 10.2. The molecule has 1 aliphatic rings. The molecule has 1 fully saturated rings. The molecule has 2 aromatic rings. The van der Waals surface area contributed by atoms with E-state index in [-0.39, 0.29) is 18.9 Å². The maximum Gasteiger partial charge on any atom is 0.414 e. The summed E-state index contributed by atoms with van der Waals surface area (Å²) in [6, 6.07) is 12.0. The number of carbonyl (C=O) groups excluding carboxylic acids is 1. The molecule has 3 atom stereocenters. The molecule has 0 aromatic heterocycles. The van der Waals surface area contributed by atoms with Gasteiger partial charge in [0.2, 0.25) is 11.3 Å². The average molecular weight is 462 g/mol. The van der Waals surface area contributed by atoms with Crippen molar-refractivity contribution in [2.75, 3.05) is 18.1 Å². The molecule has 1 heterocycles. The van der Waals surface area contributed by atoms with Crippen LogP contribution in [0.2, 0.25) is 0 Å². The highest BCUT2D eigenvalue weighted by Crippen LogP contribution is 2.23. The normalized spacial score (nSPS) is 17.5. The lowest BCUT2D eigenvalue weighted by Crippen LogP contribution is -2.39.